The van der Waals surface area contributed by atoms with Gasteiger partial charge in [0.25, 0.3) is 0 Å². The summed E-state index contributed by atoms with van der Waals surface area (Å²) in [7, 11) is 2.25. The summed E-state index contributed by atoms with van der Waals surface area (Å²) in [6, 6.07) is 0.750. The molecular formula is C15H30N2S. The van der Waals surface area contributed by atoms with Crippen molar-refractivity contribution in [2.75, 3.05) is 13.6 Å². The van der Waals surface area contributed by atoms with Crippen molar-refractivity contribution >= 4 is 17.2 Å². The maximum atomic E-state index is 5.78. The molecule has 0 aromatic rings. The SMILES string of the molecule is CN(CCC(C)(C)C(N)=S)C1CCC(C)(C)CC1. The van der Waals surface area contributed by atoms with Crippen LogP contribution in [0.15, 0.2) is 0 Å². The third kappa shape index (κ3) is 4.51. The molecule has 0 aromatic carbocycles. The maximum absolute atomic E-state index is 5.78. The van der Waals surface area contributed by atoms with Crippen LogP contribution in [-0.4, -0.2) is 29.5 Å². The van der Waals surface area contributed by atoms with Gasteiger partial charge in [-0.25, -0.2) is 0 Å². The molecule has 2 N–H and O–H groups in total. The summed E-state index contributed by atoms with van der Waals surface area (Å²) in [6.07, 6.45) is 6.41. The Labute approximate surface area is 118 Å². The van der Waals surface area contributed by atoms with Crippen molar-refractivity contribution in [3.63, 3.8) is 0 Å². The number of thiocarbonyl (C=S) groups is 1. The Balaban J connectivity index is 2.38. The number of rotatable bonds is 5. The lowest BCUT2D eigenvalue weighted by molar-refractivity contribution is 0.121. The molecule has 1 saturated carbocycles. The number of hydrogen-bond acceptors (Lipinski definition) is 2. The van der Waals surface area contributed by atoms with Crippen molar-refractivity contribution in [3.05, 3.63) is 0 Å². The van der Waals surface area contributed by atoms with Gasteiger partial charge >= 0.3 is 0 Å². The van der Waals surface area contributed by atoms with Gasteiger partial charge in [-0.05, 0) is 51.1 Å². The third-order valence-electron chi connectivity index (χ3n) is 4.69. The zero-order valence-electron chi connectivity index (χ0n) is 12.8. The summed E-state index contributed by atoms with van der Waals surface area (Å²) in [5, 5.41) is 0. The fourth-order valence-electron chi connectivity index (χ4n) is 2.59. The zero-order chi connectivity index (χ0) is 14.0. The Morgan fingerprint density at radius 3 is 2.28 bits per heavy atom. The van der Waals surface area contributed by atoms with E-state index in [-0.39, 0.29) is 5.41 Å². The van der Waals surface area contributed by atoms with Crippen molar-refractivity contribution in [3.8, 4) is 0 Å². The fourth-order valence-corrected chi connectivity index (χ4v) is 2.69. The summed E-state index contributed by atoms with van der Waals surface area (Å²) in [5.74, 6) is 0. The van der Waals surface area contributed by atoms with Gasteiger partial charge in [-0.2, -0.15) is 0 Å². The molecule has 0 amide bonds. The first-order valence-corrected chi connectivity index (χ1v) is 7.55. The molecule has 0 spiro atoms. The molecule has 0 radical (unpaired) electrons. The van der Waals surface area contributed by atoms with Crippen molar-refractivity contribution < 1.29 is 0 Å². The highest BCUT2D eigenvalue weighted by atomic mass is 32.1. The first-order chi connectivity index (χ1) is 8.14. The minimum absolute atomic E-state index is 0.0163. The predicted octanol–water partition coefficient (Wildman–Crippen LogP) is 3.59. The normalized spacial score (nSPS) is 21.2. The Morgan fingerprint density at radius 2 is 1.83 bits per heavy atom. The molecule has 3 heteroatoms. The van der Waals surface area contributed by atoms with E-state index in [4.69, 9.17) is 18.0 Å². The van der Waals surface area contributed by atoms with Gasteiger partial charge in [-0.3, -0.25) is 0 Å². The minimum atomic E-state index is -0.0163. The lowest BCUT2D eigenvalue weighted by Crippen LogP contribution is -2.40. The third-order valence-corrected chi connectivity index (χ3v) is 5.24. The molecule has 0 heterocycles. The van der Waals surface area contributed by atoms with Gasteiger partial charge in [0.05, 0.1) is 4.99 Å². The van der Waals surface area contributed by atoms with E-state index in [1.54, 1.807) is 0 Å². The highest BCUT2D eigenvalue weighted by Crippen LogP contribution is 2.36. The van der Waals surface area contributed by atoms with Gasteiger partial charge < -0.3 is 10.6 Å². The van der Waals surface area contributed by atoms with Crippen LogP contribution < -0.4 is 5.73 Å². The largest absolute Gasteiger partial charge is 0.393 e. The molecule has 0 atom stereocenters. The lowest BCUT2D eigenvalue weighted by atomic mass is 9.75. The van der Waals surface area contributed by atoms with E-state index in [1.165, 1.54) is 25.7 Å². The average molecular weight is 270 g/mol. The van der Waals surface area contributed by atoms with Crippen molar-refractivity contribution in [1.82, 2.24) is 4.90 Å². The van der Waals surface area contributed by atoms with Crippen LogP contribution in [0.4, 0.5) is 0 Å². The molecule has 0 bridgehead atoms. The second-order valence-electron chi connectivity index (χ2n) is 7.37. The average Bonchev–Trinajstić information content (AvgIpc) is 2.25. The van der Waals surface area contributed by atoms with E-state index in [1.807, 2.05) is 0 Å². The van der Waals surface area contributed by atoms with E-state index in [2.05, 4.69) is 39.6 Å². The molecule has 1 rings (SSSR count). The second-order valence-corrected chi connectivity index (χ2v) is 7.81. The van der Waals surface area contributed by atoms with Crippen LogP contribution in [0.5, 0.6) is 0 Å². The van der Waals surface area contributed by atoms with Gasteiger partial charge in [0.15, 0.2) is 0 Å². The molecule has 106 valence electrons. The van der Waals surface area contributed by atoms with E-state index < -0.39 is 0 Å². The van der Waals surface area contributed by atoms with E-state index >= 15 is 0 Å². The minimum Gasteiger partial charge on any atom is -0.393 e. The van der Waals surface area contributed by atoms with Crippen LogP contribution in [0, 0.1) is 10.8 Å². The molecule has 0 saturated heterocycles. The molecule has 0 unspecified atom stereocenters. The monoisotopic (exact) mass is 270 g/mol. The summed E-state index contributed by atoms with van der Waals surface area (Å²) in [6.45, 7) is 10.2. The molecule has 2 nitrogen and oxygen atoms in total. The molecular weight excluding hydrogens is 240 g/mol. The van der Waals surface area contributed by atoms with Gasteiger partial charge in [0.2, 0.25) is 0 Å². The van der Waals surface area contributed by atoms with Crippen LogP contribution in [0.3, 0.4) is 0 Å². The smallest absolute Gasteiger partial charge is 0.0784 e. The number of hydrogen-bond donors (Lipinski definition) is 1. The Kier molecular flexibility index (Phi) is 5.19. The number of nitrogens with two attached hydrogens (primary N) is 1. The van der Waals surface area contributed by atoms with E-state index in [0.717, 1.165) is 19.0 Å². The lowest BCUT2D eigenvalue weighted by Gasteiger charge is -2.39. The van der Waals surface area contributed by atoms with E-state index in [0.29, 0.717) is 10.4 Å². The zero-order valence-corrected chi connectivity index (χ0v) is 13.6. The first-order valence-electron chi connectivity index (χ1n) is 7.14. The predicted molar refractivity (Wildman–Crippen MR) is 83.9 cm³/mol. The quantitative estimate of drug-likeness (QED) is 0.774. The highest BCUT2D eigenvalue weighted by Gasteiger charge is 2.29. The van der Waals surface area contributed by atoms with Gasteiger partial charge in [0, 0.05) is 11.5 Å². The maximum Gasteiger partial charge on any atom is 0.0784 e. The fraction of sp³-hybridized carbons (Fsp3) is 0.933. The summed E-state index contributed by atoms with van der Waals surface area (Å²) in [5.41, 5.74) is 6.32. The Morgan fingerprint density at radius 1 is 1.33 bits per heavy atom. The molecule has 0 aliphatic heterocycles. The topological polar surface area (TPSA) is 29.3 Å². The van der Waals surface area contributed by atoms with Crippen LogP contribution in [0.2, 0.25) is 0 Å². The summed E-state index contributed by atoms with van der Waals surface area (Å²) < 4.78 is 0. The molecule has 1 aliphatic carbocycles. The van der Waals surface area contributed by atoms with Crippen LogP contribution in [0.1, 0.15) is 59.8 Å². The first kappa shape index (κ1) is 15.9. The Bertz CT molecular complexity index is 287. The summed E-state index contributed by atoms with van der Waals surface area (Å²) in [4.78, 5) is 3.15. The second kappa shape index (κ2) is 5.87. The van der Waals surface area contributed by atoms with Gasteiger partial charge in [-0.1, -0.05) is 39.9 Å². The van der Waals surface area contributed by atoms with E-state index in [9.17, 15) is 0 Å². The van der Waals surface area contributed by atoms with Gasteiger partial charge in [0.1, 0.15) is 0 Å². The van der Waals surface area contributed by atoms with Crippen LogP contribution in [0.25, 0.3) is 0 Å². The summed E-state index contributed by atoms with van der Waals surface area (Å²) >= 11 is 5.13. The van der Waals surface area contributed by atoms with Crippen LogP contribution in [-0.2, 0) is 0 Å². The number of nitrogens with zero attached hydrogens (tertiary/aromatic N) is 1. The molecule has 0 aromatic heterocycles. The van der Waals surface area contributed by atoms with Gasteiger partial charge in [-0.15, -0.1) is 0 Å². The molecule has 1 aliphatic rings. The van der Waals surface area contributed by atoms with Crippen molar-refractivity contribution in [1.29, 1.82) is 0 Å². The molecule has 1 fully saturated rings. The Hall–Kier alpha value is -0.150. The molecule has 18 heavy (non-hydrogen) atoms. The van der Waals surface area contributed by atoms with Crippen molar-refractivity contribution in [2.45, 2.75) is 65.8 Å². The highest BCUT2D eigenvalue weighted by molar-refractivity contribution is 7.80. The van der Waals surface area contributed by atoms with Crippen LogP contribution >= 0.6 is 12.2 Å². The van der Waals surface area contributed by atoms with Crippen molar-refractivity contribution in [2.24, 2.45) is 16.6 Å². The standard InChI is InChI=1S/C15H30N2S/c1-14(2)8-6-12(7-9-14)17(5)11-10-15(3,4)13(16)18/h12H,6-11H2,1-5H3,(H2,16,18).